The maximum absolute atomic E-state index is 11.8. The fourth-order valence-electron chi connectivity index (χ4n) is 2.56. The molecule has 110 valence electrons. The highest BCUT2D eigenvalue weighted by Crippen LogP contribution is 2.30. The average Bonchev–Trinajstić information content (AvgIpc) is 2.38. The predicted octanol–water partition coefficient (Wildman–Crippen LogP) is 4.31. The van der Waals surface area contributed by atoms with Gasteiger partial charge < -0.3 is 10.2 Å². The third kappa shape index (κ3) is 4.14. The van der Waals surface area contributed by atoms with Gasteiger partial charge in [0, 0.05) is 25.2 Å². The van der Waals surface area contributed by atoms with Crippen molar-refractivity contribution in [3.8, 4) is 0 Å². The van der Waals surface area contributed by atoms with Gasteiger partial charge in [-0.25, -0.2) is 0 Å². The molecule has 0 aliphatic carbocycles. The van der Waals surface area contributed by atoms with Crippen molar-refractivity contribution in [2.24, 2.45) is 5.92 Å². The van der Waals surface area contributed by atoms with E-state index >= 15 is 0 Å². The minimum absolute atomic E-state index is 0.0433. The van der Waals surface area contributed by atoms with Crippen LogP contribution in [0.1, 0.15) is 39.5 Å². The molecule has 1 aliphatic heterocycles. The molecule has 4 heteroatoms. The highest BCUT2D eigenvalue weighted by Gasteiger charge is 2.14. The van der Waals surface area contributed by atoms with E-state index in [1.807, 2.05) is 32.0 Å². The van der Waals surface area contributed by atoms with Gasteiger partial charge in [0.2, 0.25) is 5.91 Å². The van der Waals surface area contributed by atoms with E-state index in [1.54, 1.807) is 0 Å². The molecule has 1 aliphatic rings. The van der Waals surface area contributed by atoms with E-state index in [0.717, 1.165) is 24.5 Å². The van der Waals surface area contributed by atoms with Crippen LogP contribution in [0.25, 0.3) is 0 Å². The quantitative estimate of drug-likeness (QED) is 0.897. The summed E-state index contributed by atoms with van der Waals surface area (Å²) in [7, 11) is 0. The summed E-state index contributed by atoms with van der Waals surface area (Å²) in [6, 6.07) is 5.80. The lowest BCUT2D eigenvalue weighted by molar-refractivity contribution is -0.116. The summed E-state index contributed by atoms with van der Waals surface area (Å²) in [4.78, 5) is 14.1. The third-order valence-electron chi connectivity index (χ3n) is 3.52. The van der Waals surface area contributed by atoms with Crippen LogP contribution in [0.3, 0.4) is 0 Å². The summed E-state index contributed by atoms with van der Waals surface area (Å²) in [6.07, 6.45) is 4.29. The molecule has 1 aromatic carbocycles. The Bertz CT molecular complexity index is 468. The van der Waals surface area contributed by atoms with Crippen LogP contribution in [0.4, 0.5) is 11.4 Å². The average molecular weight is 295 g/mol. The number of hydrogen-bond donors (Lipinski definition) is 1. The van der Waals surface area contributed by atoms with Crippen LogP contribution in [-0.2, 0) is 4.79 Å². The van der Waals surface area contributed by atoms with Crippen LogP contribution < -0.4 is 10.2 Å². The van der Waals surface area contributed by atoms with Gasteiger partial charge in [-0.15, -0.1) is 0 Å². The second kappa shape index (κ2) is 6.98. The van der Waals surface area contributed by atoms with Crippen molar-refractivity contribution >= 4 is 28.9 Å². The zero-order valence-corrected chi connectivity index (χ0v) is 13.0. The van der Waals surface area contributed by atoms with Crippen molar-refractivity contribution < 1.29 is 4.79 Å². The second-order valence-electron chi connectivity index (χ2n) is 5.86. The normalized spacial score (nSPS) is 15.5. The van der Waals surface area contributed by atoms with Crippen molar-refractivity contribution in [1.82, 2.24) is 0 Å². The number of benzene rings is 1. The number of hydrogen-bond acceptors (Lipinski definition) is 2. The Labute approximate surface area is 126 Å². The first-order valence-corrected chi connectivity index (χ1v) is 7.78. The Kier molecular flexibility index (Phi) is 5.30. The number of halogens is 1. The summed E-state index contributed by atoms with van der Waals surface area (Å²) < 4.78 is 0. The number of amides is 1. The van der Waals surface area contributed by atoms with Crippen molar-refractivity contribution in [3.63, 3.8) is 0 Å². The SMILES string of the molecule is CC(C)CC(=O)Nc1ccc(N2CCCCC2)c(Cl)c1. The monoisotopic (exact) mass is 294 g/mol. The Morgan fingerprint density at radius 1 is 1.30 bits per heavy atom. The van der Waals surface area contributed by atoms with Gasteiger partial charge in [0.05, 0.1) is 10.7 Å². The molecule has 1 N–H and O–H groups in total. The van der Waals surface area contributed by atoms with Crippen molar-refractivity contribution in [1.29, 1.82) is 0 Å². The number of carbonyl (C=O) groups is 1. The van der Waals surface area contributed by atoms with Gasteiger partial charge in [-0.3, -0.25) is 4.79 Å². The molecule has 0 radical (unpaired) electrons. The van der Waals surface area contributed by atoms with Crippen LogP contribution in [0.5, 0.6) is 0 Å². The molecule has 3 nitrogen and oxygen atoms in total. The van der Waals surface area contributed by atoms with Gasteiger partial charge in [-0.05, 0) is 43.4 Å². The molecular weight excluding hydrogens is 272 g/mol. The van der Waals surface area contributed by atoms with Gasteiger partial charge in [0.25, 0.3) is 0 Å². The minimum atomic E-state index is 0.0433. The van der Waals surface area contributed by atoms with Gasteiger partial charge in [0.15, 0.2) is 0 Å². The number of nitrogens with zero attached hydrogens (tertiary/aromatic N) is 1. The van der Waals surface area contributed by atoms with E-state index in [4.69, 9.17) is 11.6 Å². The summed E-state index contributed by atoms with van der Waals surface area (Å²) in [5.41, 5.74) is 1.86. The molecule has 0 unspecified atom stereocenters. The van der Waals surface area contributed by atoms with Crippen LogP contribution in [0.2, 0.25) is 5.02 Å². The molecule has 1 amide bonds. The van der Waals surface area contributed by atoms with E-state index in [0.29, 0.717) is 17.4 Å². The zero-order chi connectivity index (χ0) is 14.5. The number of anilines is 2. The summed E-state index contributed by atoms with van der Waals surface area (Å²) >= 11 is 6.36. The fraction of sp³-hybridized carbons (Fsp3) is 0.562. The summed E-state index contributed by atoms with van der Waals surface area (Å²) in [5.74, 6) is 0.403. The molecule has 1 saturated heterocycles. The number of rotatable bonds is 4. The fourth-order valence-corrected chi connectivity index (χ4v) is 2.86. The van der Waals surface area contributed by atoms with E-state index in [1.165, 1.54) is 19.3 Å². The molecule has 0 bridgehead atoms. The molecule has 1 aromatic rings. The predicted molar refractivity (Wildman–Crippen MR) is 85.6 cm³/mol. The number of carbonyl (C=O) groups excluding carboxylic acids is 1. The van der Waals surface area contributed by atoms with Crippen molar-refractivity contribution in [2.75, 3.05) is 23.3 Å². The first kappa shape index (κ1) is 15.2. The molecular formula is C16H23ClN2O. The zero-order valence-electron chi connectivity index (χ0n) is 12.3. The molecule has 0 atom stereocenters. The van der Waals surface area contributed by atoms with Gasteiger partial charge in [-0.2, -0.15) is 0 Å². The molecule has 20 heavy (non-hydrogen) atoms. The standard InChI is InChI=1S/C16H23ClN2O/c1-12(2)10-16(20)18-13-6-7-15(14(17)11-13)19-8-4-3-5-9-19/h6-7,11-12H,3-5,8-10H2,1-2H3,(H,18,20). The lowest BCUT2D eigenvalue weighted by Gasteiger charge is -2.29. The van der Waals surface area contributed by atoms with Crippen LogP contribution in [0, 0.1) is 5.92 Å². The molecule has 1 fully saturated rings. The Morgan fingerprint density at radius 3 is 2.60 bits per heavy atom. The van der Waals surface area contributed by atoms with Crippen LogP contribution in [0.15, 0.2) is 18.2 Å². The highest BCUT2D eigenvalue weighted by atomic mass is 35.5. The number of piperidine rings is 1. The van der Waals surface area contributed by atoms with Crippen molar-refractivity contribution in [2.45, 2.75) is 39.5 Å². The molecule has 0 saturated carbocycles. The van der Waals surface area contributed by atoms with E-state index in [-0.39, 0.29) is 5.91 Å². The molecule has 2 rings (SSSR count). The Hall–Kier alpha value is -1.22. The molecule has 0 aromatic heterocycles. The first-order valence-electron chi connectivity index (χ1n) is 7.40. The minimum Gasteiger partial charge on any atom is -0.370 e. The Balaban J connectivity index is 2.03. The molecule has 0 spiro atoms. The summed E-state index contributed by atoms with van der Waals surface area (Å²) in [6.45, 7) is 6.20. The van der Waals surface area contributed by atoms with Gasteiger partial charge in [-0.1, -0.05) is 25.4 Å². The topological polar surface area (TPSA) is 32.3 Å². The van der Waals surface area contributed by atoms with E-state index in [9.17, 15) is 4.79 Å². The molecule has 1 heterocycles. The highest BCUT2D eigenvalue weighted by molar-refractivity contribution is 6.33. The number of nitrogens with one attached hydrogen (secondary N) is 1. The van der Waals surface area contributed by atoms with Gasteiger partial charge >= 0.3 is 0 Å². The third-order valence-corrected chi connectivity index (χ3v) is 3.82. The van der Waals surface area contributed by atoms with E-state index in [2.05, 4.69) is 10.2 Å². The summed E-state index contributed by atoms with van der Waals surface area (Å²) in [5, 5.41) is 3.62. The van der Waals surface area contributed by atoms with Crippen molar-refractivity contribution in [3.05, 3.63) is 23.2 Å². The second-order valence-corrected chi connectivity index (χ2v) is 6.27. The largest absolute Gasteiger partial charge is 0.370 e. The van der Waals surface area contributed by atoms with Gasteiger partial charge in [0.1, 0.15) is 0 Å². The Morgan fingerprint density at radius 2 is 2.00 bits per heavy atom. The smallest absolute Gasteiger partial charge is 0.224 e. The van der Waals surface area contributed by atoms with Crippen LogP contribution >= 0.6 is 11.6 Å². The first-order chi connectivity index (χ1) is 9.56. The maximum atomic E-state index is 11.8. The lowest BCUT2D eigenvalue weighted by Crippen LogP contribution is -2.29. The van der Waals surface area contributed by atoms with Crippen LogP contribution in [-0.4, -0.2) is 19.0 Å². The lowest BCUT2D eigenvalue weighted by atomic mass is 10.1. The van der Waals surface area contributed by atoms with E-state index < -0.39 is 0 Å². The maximum Gasteiger partial charge on any atom is 0.224 e.